The van der Waals surface area contributed by atoms with Crippen LogP contribution in [0.25, 0.3) is 0 Å². The average Bonchev–Trinajstić information content (AvgIpc) is 2.41. The Bertz CT molecular complexity index is 494. The standard InChI is InChI=1S/C15H20N2O3/c1-11-3-2-6-16-13(11)10-14(18)17-7-4-12(5-8-17)9-15(19)20/h2-3,6,12H,4-5,7-10H2,1H3,(H,19,20). The number of carbonyl (C=O) groups is 2. The molecule has 108 valence electrons. The Morgan fingerprint density at radius 1 is 1.40 bits per heavy atom. The minimum absolute atomic E-state index is 0.0839. The van der Waals surface area contributed by atoms with E-state index in [1.165, 1.54) is 0 Å². The Labute approximate surface area is 118 Å². The highest BCUT2D eigenvalue weighted by Crippen LogP contribution is 2.21. The topological polar surface area (TPSA) is 70.5 Å². The summed E-state index contributed by atoms with van der Waals surface area (Å²) in [6.07, 6.45) is 3.80. The molecule has 0 aromatic carbocycles. The van der Waals surface area contributed by atoms with Crippen molar-refractivity contribution < 1.29 is 14.7 Å². The molecule has 0 spiro atoms. The maximum absolute atomic E-state index is 12.2. The van der Waals surface area contributed by atoms with Crippen molar-refractivity contribution in [3.8, 4) is 0 Å². The molecule has 1 aromatic rings. The lowest BCUT2D eigenvalue weighted by atomic mass is 9.93. The molecule has 20 heavy (non-hydrogen) atoms. The molecule has 0 saturated carbocycles. The van der Waals surface area contributed by atoms with Gasteiger partial charge in [0.05, 0.1) is 12.1 Å². The monoisotopic (exact) mass is 276 g/mol. The second-order valence-corrected chi connectivity index (χ2v) is 5.37. The van der Waals surface area contributed by atoms with E-state index in [2.05, 4.69) is 4.98 Å². The van der Waals surface area contributed by atoms with Crippen molar-refractivity contribution in [1.82, 2.24) is 9.88 Å². The van der Waals surface area contributed by atoms with E-state index in [0.717, 1.165) is 24.1 Å². The van der Waals surface area contributed by atoms with Gasteiger partial charge in [-0.2, -0.15) is 0 Å². The third kappa shape index (κ3) is 3.79. The van der Waals surface area contributed by atoms with Crippen LogP contribution in [0.4, 0.5) is 0 Å². The third-order valence-electron chi connectivity index (χ3n) is 3.87. The summed E-state index contributed by atoms with van der Waals surface area (Å²) < 4.78 is 0. The van der Waals surface area contributed by atoms with E-state index >= 15 is 0 Å². The van der Waals surface area contributed by atoms with Crippen LogP contribution in [0.5, 0.6) is 0 Å². The quantitative estimate of drug-likeness (QED) is 0.907. The summed E-state index contributed by atoms with van der Waals surface area (Å²) in [7, 11) is 0. The van der Waals surface area contributed by atoms with Gasteiger partial charge in [0, 0.05) is 25.7 Å². The molecule has 0 bridgehead atoms. The number of likely N-dealkylation sites (tertiary alicyclic amines) is 1. The van der Waals surface area contributed by atoms with Gasteiger partial charge < -0.3 is 10.0 Å². The van der Waals surface area contributed by atoms with Gasteiger partial charge in [0.25, 0.3) is 0 Å². The van der Waals surface area contributed by atoms with Gasteiger partial charge in [0.2, 0.25) is 5.91 Å². The first-order valence-electron chi connectivity index (χ1n) is 6.96. The van der Waals surface area contributed by atoms with E-state index in [0.29, 0.717) is 19.5 Å². The fourth-order valence-electron chi connectivity index (χ4n) is 2.59. The number of carboxylic acids is 1. The number of hydrogen-bond donors (Lipinski definition) is 1. The van der Waals surface area contributed by atoms with Crippen molar-refractivity contribution in [1.29, 1.82) is 0 Å². The minimum atomic E-state index is -0.751. The number of hydrogen-bond acceptors (Lipinski definition) is 3. The van der Waals surface area contributed by atoms with Gasteiger partial charge in [-0.3, -0.25) is 14.6 Å². The molecule has 1 fully saturated rings. The number of nitrogens with zero attached hydrogens (tertiary/aromatic N) is 2. The molecule has 1 aromatic heterocycles. The molecule has 1 amide bonds. The first kappa shape index (κ1) is 14.5. The fourth-order valence-corrected chi connectivity index (χ4v) is 2.59. The number of rotatable bonds is 4. The Morgan fingerprint density at radius 2 is 2.10 bits per heavy atom. The van der Waals surface area contributed by atoms with Gasteiger partial charge in [-0.1, -0.05) is 6.07 Å². The molecule has 5 nitrogen and oxygen atoms in total. The number of carboxylic acid groups (broad SMARTS) is 1. The molecule has 2 heterocycles. The Morgan fingerprint density at radius 3 is 2.70 bits per heavy atom. The number of piperidine rings is 1. The average molecular weight is 276 g/mol. The number of aliphatic carboxylic acids is 1. The van der Waals surface area contributed by atoms with Gasteiger partial charge >= 0.3 is 5.97 Å². The van der Waals surface area contributed by atoms with Gasteiger partial charge in [0.15, 0.2) is 0 Å². The SMILES string of the molecule is Cc1cccnc1CC(=O)N1CCC(CC(=O)O)CC1. The van der Waals surface area contributed by atoms with Gasteiger partial charge in [-0.05, 0) is 37.3 Å². The Kier molecular flexibility index (Phi) is 4.71. The molecule has 1 aliphatic heterocycles. The van der Waals surface area contributed by atoms with Gasteiger partial charge in [0.1, 0.15) is 0 Å². The van der Waals surface area contributed by atoms with Crippen molar-refractivity contribution >= 4 is 11.9 Å². The van der Waals surface area contributed by atoms with E-state index in [4.69, 9.17) is 5.11 Å². The van der Waals surface area contributed by atoms with Gasteiger partial charge in [-0.15, -0.1) is 0 Å². The summed E-state index contributed by atoms with van der Waals surface area (Å²) in [6, 6.07) is 3.81. The maximum atomic E-state index is 12.2. The third-order valence-corrected chi connectivity index (χ3v) is 3.87. The first-order valence-corrected chi connectivity index (χ1v) is 6.96. The van der Waals surface area contributed by atoms with Crippen LogP contribution in [0.3, 0.4) is 0 Å². The molecular formula is C15H20N2O3. The van der Waals surface area contributed by atoms with Crippen molar-refractivity contribution in [2.75, 3.05) is 13.1 Å². The summed E-state index contributed by atoms with van der Waals surface area (Å²) in [5, 5.41) is 8.78. The molecule has 0 unspecified atom stereocenters. The summed E-state index contributed by atoms with van der Waals surface area (Å²) in [5.41, 5.74) is 1.85. The highest BCUT2D eigenvalue weighted by atomic mass is 16.4. The normalized spacial score (nSPS) is 16.1. The largest absolute Gasteiger partial charge is 0.481 e. The van der Waals surface area contributed by atoms with Crippen LogP contribution in [0.1, 0.15) is 30.5 Å². The van der Waals surface area contributed by atoms with Crippen LogP contribution in [0.15, 0.2) is 18.3 Å². The summed E-state index contributed by atoms with van der Waals surface area (Å²) in [5.74, 6) is -0.465. The molecule has 0 radical (unpaired) electrons. The molecule has 1 N–H and O–H groups in total. The smallest absolute Gasteiger partial charge is 0.303 e. The Balaban J connectivity index is 1.86. The van der Waals surface area contributed by atoms with E-state index in [9.17, 15) is 9.59 Å². The van der Waals surface area contributed by atoms with E-state index in [-0.39, 0.29) is 18.2 Å². The number of pyridine rings is 1. The second kappa shape index (κ2) is 6.50. The van der Waals surface area contributed by atoms with Crippen molar-refractivity contribution in [3.05, 3.63) is 29.6 Å². The van der Waals surface area contributed by atoms with E-state index in [1.807, 2.05) is 24.0 Å². The summed E-state index contributed by atoms with van der Waals surface area (Å²) in [6.45, 7) is 3.26. The van der Waals surface area contributed by atoms with Crippen LogP contribution in [-0.2, 0) is 16.0 Å². The minimum Gasteiger partial charge on any atom is -0.481 e. The lowest BCUT2D eigenvalue weighted by molar-refractivity contribution is -0.138. The van der Waals surface area contributed by atoms with Gasteiger partial charge in [-0.25, -0.2) is 0 Å². The van der Waals surface area contributed by atoms with E-state index < -0.39 is 5.97 Å². The second-order valence-electron chi connectivity index (χ2n) is 5.37. The number of aryl methyl sites for hydroxylation is 1. The fraction of sp³-hybridized carbons (Fsp3) is 0.533. The lowest BCUT2D eigenvalue weighted by Gasteiger charge is -2.31. The van der Waals surface area contributed by atoms with Crippen molar-refractivity contribution in [2.45, 2.75) is 32.6 Å². The number of amides is 1. The number of aromatic nitrogens is 1. The van der Waals surface area contributed by atoms with Crippen molar-refractivity contribution in [3.63, 3.8) is 0 Å². The van der Waals surface area contributed by atoms with Crippen molar-refractivity contribution in [2.24, 2.45) is 5.92 Å². The predicted octanol–water partition coefficient (Wildman–Crippen LogP) is 1.65. The lowest BCUT2D eigenvalue weighted by Crippen LogP contribution is -2.39. The number of carbonyl (C=O) groups excluding carboxylic acids is 1. The summed E-state index contributed by atoms with van der Waals surface area (Å²) >= 11 is 0. The molecule has 1 saturated heterocycles. The predicted molar refractivity (Wildman–Crippen MR) is 74.2 cm³/mol. The summed E-state index contributed by atoms with van der Waals surface area (Å²) in [4.78, 5) is 29.0. The molecule has 0 atom stereocenters. The zero-order valence-corrected chi connectivity index (χ0v) is 11.7. The maximum Gasteiger partial charge on any atom is 0.303 e. The van der Waals surface area contributed by atoms with Crippen LogP contribution in [0, 0.1) is 12.8 Å². The zero-order chi connectivity index (χ0) is 14.5. The van der Waals surface area contributed by atoms with Crippen LogP contribution in [0.2, 0.25) is 0 Å². The van der Waals surface area contributed by atoms with Crippen LogP contribution >= 0.6 is 0 Å². The highest BCUT2D eigenvalue weighted by Gasteiger charge is 2.24. The molecular weight excluding hydrogens is 256 g/mol. The van der Waals surface area contributed by atoms with E-state index in [1.54, 1.807) is 6.20 Å². The molecule has 1 aliphatic rings. The zero-order valence-electron chi connectivity index (χ0n) is 11.7. The van der Waals surface area contributed by atoms with Crippen LogP contribution < -0.4 is 0 Å². The molecule has 2 rings (SSSR count). The highest BCUT2D eigenvalue weighted by molar-refractivity contribution is 5.78. The molecule has 5 heteroatoms. The molecule has 0 aliphatic carbocycles. The van der Waals surface area contributed by atoms with Crippen LogP contribution in [-0.4, -0.2) is 40.0 Å². The Hall–Kier alpha value is -1.91. The first-order chi connectivity index (χ1) is 9.56.